The molecular weight excluding hydrogens is 263 g/mol. The maximum atomic E-state index is 11.8. The van der Waals surface area contributed by atoms with Crippen LogP contribution >= 0.6 is 11.3 Å². The standard InChI is InChI=1S/C12H9BN2O3S/c16-11-10-9(5-19-12(10)15-6-14-11)7-1-3-8(4-2-7)13(17)18/h1-6,17-18H,(H,14,15,16). The molecule has 5 nitrogen and oxygen atoms in total. The molecule has 0 fully saturated rings. The summed E-state index contributed by atoms with van der Waals surface area (Å²) in [5.41, 5.74) is 1.88. The summed E-state index contributed by atoms with van der Waals surface area (Å²) in [5.74, 6) is 0. The Labute approximate surface area is 112 Å². The Morgan fingerprint density at radius 2 is 1.95 bits per heavy atom. The van der Waals surface area contributed by atoms with Crippen LogP contribution in [0.5, 0.6) is 0 Å². The van der Waals surface area contributed by atoms with Crippen molar-refractivity contribution in [2.24, 2.45) is 0 Å². The van der Waals surface area contributed by atoms with Crippen molar-refractivity contribution >= 4 is 34.1 Å². The Kier molecular flexibility index (Phi) is 2.94. The average molecular weight is 272 g/mol. The van der Waals surface area contributed by atoms with Gasteiger partial charge in [-0.3, -0.25) is 4.79 Å². The topological polar surface area (TPSA) is 86.2 Å². The third kappa shape index (κ3) is 2.08. The molecule has 94 valence electrons. The molecule has 0 saturated carbocycles. The van der Waals surface area contributed by atoms with Gasteiger partial charge in [0.1, 0.15) is 4.83 Å². The highest BCUT2D eigenvalue weighted by molar-refractivity contribution is 7.17. The van der Waals surface area contributed by atoms with Crippen LogP contribution in [0, 0.1) is 0 Å². The summed E-state index contributed by atoms with van der Waals surface area (Å²) in [6.45, 7) is 0. The van der Waals surface area contributed by atoms with E-state index in [2.05, 4.69) is 9.97 Å². The van der Waals surface area contributed by atoms with E-state index in [0.717, 1.165) is 11.1 Å². The predicted octanol–water partition coefficient (Wildman–Crippen LogP) is 0.331. The highest BCUT2D eigenvalue weighted by atomic mass is 32.1. The van der Waals surface area contributed by atoms with Crippen molar-refractivity contribution in [2.45, 2.75) is 0 Å². The molecule has 0 saturated heterocycles. The summed E-state index contributed by atoms with van der Waals surface area (Å²) in [6, 6.07) is 6.74. The van der Waals surface area contributed by atoms with E-state index in [9.17, 15) is 4.79 Å². The van der Waals surface area contributed by atoms with E-state index in [0.29, 0.717) is 15.7 Å². The van der Waals surface area contributed by atoms with Gasteiger partial charge in [-0.15, -0.1) is 11.3 Å². The molecule has 0 aliphatic carbocycles. The molecule has 7 heteroatoms. The van der Waals surface area contributed by atoms with Gasteiger partial charge in [-0.05, 0) is 11.0 Å². The third-order valence-electron chi connectivity index (χ3n) is 2.90. The van der Waals surface area contributed by atoms with Gasteiger partial charge in [-0.1, -0.05) is 24.3 Å². The number of aromatic amines is 1. The Hall–Kier alpha value is -1.96. The number of hydrogen-bond donors (Lipinski definition) is 3. The van der Waals surface area contributed by atoms with Crippen molar-refractivity contribution in [3.63, 3.8) is 0 Å². The lowest BCUT2D eigenvalue weighted by molar-refractivity contribution is 0.426. The van der Waals surface area contributed by atoms with Crippen molar-refractivity contribution in [3.8, 4) is 11.1 Å². The number of rotatable bonds is 2. The first-order chi connectivity index (χ1) is 9.16. The number of hydrogen-bond acceptors (Lipinski definition) is 5. The molecule has 0 spiro atoms. The molecule has 0 unspecified atom stereocenters. The molecule has 3 N–H and O–H groups in total. The second kappa shape index (κ2) is 4.62. The number of fused-ring (bicyclic) bond motifs is 1. The summed E-state index contributed by atoms with van der Waals surface area (Å²) in [5, 5.41) is 20.5. The van der Waals surface area contributed by atoms with Gasteiger partial charge in [0, 0.05) is 10.9 Å². The highest BCUT2D eigenvalue weighted by Gasteiger charge is 2.13. The van der Waals surface area contributed by atoms with E-state index in [1.54, 1.807) is 24.3 Å². The predicted molar refractivity (Wildman–Crippen MR) is 75.5 cm³/mol. The minimum atomic E-state index is -1.49. The number of nitrogens with one attached hydrogen (secondary N) is 1. The SMILES string of the molecule is O=c1[nH]cnc2scc(-c3ccc(B(O)O)cc3)c12. The van der Waals surface area contributed by atoms with Gasteiger partial charge in [0.05, 0.1) is 11.7 Å². The van der Waals surface area contributed by atoms with Gasteiger partial charge in [-0.25, -0.2) is 4.98 Å². The van der Waals surface area contributed by atoms with Crippen molar-refractivity contribution in [3.05, 3.63) is 46.3 Å². The fraction of sp³-hybridized carbons (Fsp3) is 0. The summed E-state index contributed by atoms with van der Waals surface area (Å²) in [6.07, 6.45) is 1.39. The van der Waals surface area contributed by atoms with Crippen LogP contribution in [0.15, 0.2) is 40.8 Å². The van der Waals surface area contributed by atoms with Gasteiger partial charge >= 0.3 is 7.12 Å². The molecular formula is C12H9BN2O3S. The summed E-state index contributed by atoms with van der Waals surface area (Å²) >= 11 is 1.40. The minimum absolute atomic E-state index is 0.174. The van der Waals surface area contributed by atoms with Crippen LogP contribution in [0.3, 0.4) is 0 Å². The molecule has 0 amide bonds. The molecule has 19 heavy (non-hydrogen) atoms. The van der Waals surface area contributed by atoms with E-state index in [1.165, 1.54) is 17.7 Å². The fourth-order valence-corrected chi connectivity index (χ4v) is 2.85. The van der Waals surface area contributed by atoms with Crippen LogP contribution in [0.25, 0.3) is 21.3 Å². The highest BCUT2D eigenvalue weighted by Crippen LogP contribution is 2.29. The maximum Gasteiger partial charge on any atom is 0.488 e. The lowest BCUT2D eigenvalue weighted by Crippen LogP contribution is -2.29. The molecule has 0 bridgehead atoms. The summed E-state index contributed by atoms with van der Waals surface area (Å²) in [7, 11) is -1.49. The number of nitrogens with zero attached hydrogens (tertiary/aromatic N) is 1. The van der Waals surface area contributed by atoms with Crippen LogP contribution in [0.2, 0.25) is 0 Å². The van der Waals surface area contributed by atoms with Crippen LogP contribution in [0.1, 0.15) is 0 Å². The van der Waals surface area contributed by atoms with Crippen molar-refractivity contribution in [2.75, 3.05) is 0 Å². The van der Waals surface area contributed by atoms with Gasteiger partial charge in [-0.2, -0.15) is 0 Å². The zero-order valence-corrected chi connectivity index (χ0v) is 10.5. The molecule has 3 rings (SSSR count). The van der Waals surface area contributed by atoms with Crippen LogP contribution in [-0.4, -0.2) is 27.1 Å². The third-order valence-corrected chi connectivity index (χ3v) is 3.78. The normalized spacial score (nSPS) is 10.8. The summed E-state index contributed by atoms with van der Waals surface area (Å²) < 4.78 is 0. The molecule has 0 atom stereocenters. The Balaban J connectivity index is 2.17. The summed E-state index contributed by atoms with van der Waals surface area (Å²) in [4.78, 5) is 19.2. The van der Waals surface area contributed by atoms with E-state index in [4.69, 9.17) is 10.0 Å². The van der Waals surface area contributed by atoms with Crippen molar-refractivity contribution in [1.29, 1.82) is 0 Å². The van der Waals surface area contributed by atoms with E-state index in [-0.39, 0.29) is 5.56 Å². The molecule has 2 aromatic heterocycles. The molecule has 1 aromatic carbocycles. The fourth-order valence-electron chi connectivity index (χ4n) is 1.93. The second-order valence-corrected chi connectivity index (χ2v) is 4.91. The van der Waals surface area contributed by atoms with Crippen LogP contribution < -0.4 is 11.0 Å². The van der Waals surface area contributed by atoms with Crippen LogP contribution in [0.4, 0.5) is 0 Å². The average Bonchev–Trinajstić information content (AvgIpc) is 2.84. The van der Waals surface area contributed by atoms with Crippen LogP contribution in [-0.2, 0) is 0 Å². The lowest BCUT2D eigenvalue weighted by Gasteiger charge is -2.02. The monoisotopic (exact) mass is 272 g/mol. The minimum Gasteiger partial charge on any atom is -0.423 e. The van der Waals surface area contributed by atoms with Gasteiger partial charge in [0.25, 0.3) is 5.56 Å². The Bertz CT molecular complexity index is 780. The smallest absolute Gasteiger partial charge is 0.423 e. The number of benzene rings is 1. The largest absolute Gasteiger partial charge is 0.488 e. The van der Waals surface area contributed by atoms with E-state index >= 15 is 0 Å². The first kappa shape index (κ1) is 12.1. The quantitative estimate of drug-likeness (QED) is 0.587. The Morgan fingerprint density at radius 1 is 1.21 bits per heavy atom. The van der Waals surface area contributed by atoms with Crippen molar-refractivity contribution < 1.29 is 10.0 Å². The number of thiophene rings is 1. The van der Waals surface area contributed by atoms with Gasteiger partial charge < -0.3 is 15.0 Å². The molecule has 0 radical (unpaired) electrons. The zero-order valence-electron chi connectivity index (χ0n) is 9.70. The molecule has 0 aliphatic heterocycles. The molecule has 0 aliphatic rings. The number of aromatic nitrogens is 2. The second-order valence-electron chi connectivity index (χ2n) is 4.06. The first-order valence-corrected chi connectivity index (χ1v) is 6.46. The maximum absolute atomic E-state index is 11.8. The van der Waals surface area contributed by atoms with Gasteiger partial charge in [0.15, 0.2) is 0 Å². The van der Waals surface area contributed by atoms with E-state index < -0.39 is 7.12 Å². The van der Waals surface area contributed by atoms with E-state index in [1.807, 2.05) is 5.38 Å². The van der Waals surface area contributed by atoms with Crippen molar-refractivity contribution in [1.82, 2.24) is 9.97 Å². The zero-order chi connectivity index (χ0) is 13.4. The lowest BCUT2D eigenvalue weighted by atomic mass is 9.80. The van der Waals surface area contributed by atoms with Gasteiger partial charge in [0.2, 0.25) is 0 Å². The number of H-pyrrole nitrogens is 1. The molecule has 2 heterocycles. The first-order valence-electron chi connectivity index (χ1n) is 5.58. The Morgan fingerprint density at radius 3 is 2.63 bits per heavy atom. The molecule has 3 aromatic rings.